The van der Waals surface area contributed by atoms with Crippen molar-refractivity contribution in [1.29, 1.82) is 0 Å². The Bertz CT molecular complexity index is 495. The van der Waals surface area contributed by atoms with Gasteiger partial charge >= 0.3 is 0 Å². The summed E-state index contributed by atoms with van der Waals surface area (Å²) in [4.78, 5) is 11.9. The molecule has 2 aromatic carbocycles. The van der Waals surface area contributed by atoms with Crippen LogP contribution in [0.25, 0.3) is 0 Å². The fraction of sp³-hybridized carbons (Fsp3) is 0.188. The van der Waals surface area contributed by atoms with Gasteiger partial charge in [-0.3, -0.25) is 4.79 Å². The molecule has 0 amide bonds. The van der Waals surface area contributed by atoms with Gasteiger partial charge in [0.1, 0.15) is 5.78 Å². The minimum absolute atomic E-state index is 0.140. The standard InChI is InChI=1S/C16H15ClO/c1-11-3-5-13(6-4-11)16(12(2)18)14-7-9-15(17)10-8-14/h3-10,16H,1-2H3. The molecule has 2 heteroatoms. The number of carbonyl (C=O) groups is 1. The molecule has 18 heavy (non-hydrogen) atoms. The monoisotopic (exact) mass is 258 g/mol. The van der Waals surface area contributed by atoms with Crippen molar-refractivity contribution >= 4 is 17.4 Å². The normalized spacial score (nSPS) is 12.2. The fourth-order valence-electron chi connectivity index (χ4n) is 2.08. The zero-order chi connectivity index (χ0) is 13.1. The predicted octanol–water partition coefficient (Wildman–Crippen LogP) is 4.37. The molecule has 0 bridgehead atoms. The maximum atomic E-state index is 11.9. The summed E-state index contributed by atoms with van der Waals surface area (Å²) < 4.78 is 0. The quantitative estimate of drug-likeness (QED) is 0.799. The Morgan fingerprint density at radius 1 is 0.944 bits per heavy atom. The average Bonchev–Trinajstić information content (AvgIpc) is 2.34. The Labute approximate surface area is 112 Å². The molecule has 0 aliphatic carbocycles. The van der Waals surface area contributed by atoms with Crippen molar-refractivity contribution in [3.63, 3.8) is 0 Å². The molecule has 0 N–H and O–H groups in total. The zero-order valence-corrected chi connectivity index (χ0v) is 11.2. The van der Waals surface area contributed by atoms with Crippen LogP contribution in [0.1, 0.15) is 29.5 Å². The number of ketones is 1. The van der Waals surface area contributed by atoms with Crippen LogP contribution >= 0.6 is 11.6 Å². The molecule has 0 spiro atoms. The van der Waals surface area contributed by atoms with E-state index < -0.39 is 0 Å². The van der Waals surface area contributed by atoms with Crippen LogP contribution in [-0.2, 0) is 4.79 Å². The van der Waals surface area contributed by atoms with E-state index in [0.29, 0.717) is 5.02 Å². The molecule has 0 aliphatic rings. The van der Waals surface area contributed by atoms with Gasteiger partial charge in [0.2, 0.25) is 0 Å². The highest BCUT2D eigenvalue weighted by Crippen LogP contribution is 2.27. The summed E-state index contributed by atoms with van der Waals surface area (Å²) in [6, 6.07) is 15.5. The third-order valence-electron chi connectivity index (χ3n) is 3.02. The van der Waals surface area contributed by atoms with Crippen molar-refractivity contribution in [2.75, 3.05) is 0 Å². The van der Waals surface area contributed by atoms with Gasteiger partial charge < -0.3 is 0 Å². The van der Waals surface area contributed by atoms with Crippen LogP contribution in [0.3, 0.4) is 0 Å². The molecule has 0 radical (unpaired) electrons. The number of hydrogen-bond acceptors (Lipinski definition) is 1. The lowest BCUT2D eigenvalue weighted by Crippen LogP contribution is -2.10. The van der Waals surface area contributed by atoms with Gasteiger partial charge in [-0.1, -0.05) is 53.6 Å². The van der Waals surface area contributed by atoms with Crippen LogP contribution in [0.15, 0.2) is 48.5 Å². The third-order valence-corrected chi connectivity index (χ3v) is 3.27. The molecule has 2 aromatic rings. The molecule has 1 unspecified atom stereocenters. The second-order valence-electron chi connectivity index (χ2n) is 4.51. The second-order valence-corrected chi connectivity index (χ2v) is 4.94. The van der Waals surface area contributed by atoms with Gasteiger partial charge in [0.25, 0.3) is 0 Å². The Kier molecular flexibility index (Phi) is 3.83. The summed E-state index contributed by atoms with van der Waals surface area (Å²) in [5.41, 5.74) is 3.20. The lowest BCUT2D eigenvalue weighted by Gasteiger charge is -2.15. The van der Waals surface area contributed by atoms with Crippen molar-refractivity contribution in [3.8, 4) is 0 Å². The van der Waals surface area contributed by atoms with E-state index in [1.807, 2.05) is 55.5 Å². The number of rotatable bonds is 3. The molecule has 0 heterocycles. The fourth-order valence-corrected chi connectivity index (χ4v) is 2.20. The first kappa shape index (κ1) is 12.8. The number of hydrogen-bond donors (Lipinski definition) is 0. The number of carbonyl (C=O) groups excluding carboxylic acids is 1. The van der Waals surface area contributed by atoms with Crippen LogP contribution < -0.4 is 0 Å². The van der Waals surface area contributed by atoms with Crippen molar-refractivity contribution < 1.29 is 4.79 Å². The lowest BCUT2D eigenvalue weighted by atomic mass is 9.88. The van der Waals surface area contributed by atoms with Gasteiger partial charge in [-0.25, -0.2) is 0 Å². The third kappa shape index (κ3) is 2.80. The summed E-state index contributed by atoms with van der Waals surface area (Å²) in [5.74, 6) is -0.0657. The molecule has 1 nitrogen and oxygen atoms in total. The predicted molar refractivity (Wildman–Crippen MR) is 75.2 cm³/mol. The van der Waals surface area contributed by atoms with E-state index >= 15 is 0 Å². The van der Waals surface area contributed by atoms with Crippen molar-refractivity contribution in [3.05, 3.63) is 70.2 Å². The molecule has 0 saturated carbocycles. The summed E-state index contributed by atoms with van der Waals surface area (Å²) in [6.07, 6.45) is 0. The Hall–Kier alpha value is -1.60. The van der Waals surface area contributed by atoms with E-state index in [-0.39, 0.29) is 11.7 Å². The molecule has 0 aromatic heterocycles. The smallest absolute Gasteiger partial charge is 0.141 e. The van der Waals surface area contributed by atoms with Crippen LogP contribution in [-0.4, -0.2) is 5.78 Å². The van der Waals surface area contributed by atoms with Crippen LogP contribution in [0, 0.1) is 6.92 Å². The number of Topliss-reactive ketones (excluding diaryl/α,β-unsaturated/α-hetero) is 1. The zero-order valence-electron chi connectivity index (χ0n) is 10.5. The van der Waals surface area contributed by atoms with Gasteiger partial charge in [0.15, 0.2) is 0 Å². The second kappa shape index (κ2) is 5.36. The maximum absolute atomic E-state index is 11.9. The highest BCUT2D eigenvalue weighted by atomic mass is 35.5. The molecule has 0 aliphatic heterocycles. The minimum atomic E-state index is -0.206. The number of aryl methyl sites for hydroxylation is 1. The van der Waals surface area contributed by atoms with Crippen molar-refractivity contribution in [2.24, 2.45) is 0 Å². The highest BCUT2D eigenvalue weighted by molar-refractivity contribution is 6.30. The van der Waals surface area contributed by atoms with Crippen molar-refractivity contribution in [1.82, 2.24) is 0 Å². The Balaban J connectivity index is 2.43. The van der Waals surface area contributed by atoms with Crippen LogP contribution in [0.2, 0.25) is 5.02 Å². The first-order valence-electron chi connectivity index (χ1n) is 5.90. The molecule has 0 fully saturated rings. The number of benzene rings is 2. The van der Waals surface area contributed by atoms with Crippen molar-refractivity contribution in [2.45, 2.75) is 19.8 Å². The molecule has 92 valence electrons. The van der Waals surface area contributed by atoms with Gasteiger partial charge in [-0.05, 0) is 37.1 Å². The molecular weight excluding hydrogens is 244 g/mol. The summed E-state index contributed by atoms with van der Waals surface area (Å²) in [5, 5.41) is 0.685. The summed E-state index contributed by atoms with van der Waals surface area (Å²) in [7, 11) is 0. The highest BCUT2D eigenvalue weighted by Gasteiger charge is 2.18. The van der Waals surface area contributed by atoms with E-state index in [1.165, 1.54) is 5.56 Å². The van der Waals surface area contributed by atoms with E-state index in [9.17, 15) is 4.79 Å². The van der Waals surface area contributed by atoms with E-state index in [2.05, 4.69) is 0 Å². The molecule has 0 saturated heterocycles. The van der Waals surface area contributed by atoms with E-state index in [0.717, 1.165) is 11.1 Å². The van der Waals surface area contributed by atoms with Crippen LogP contribution in [0.4, 0.5) is 0 Å². The van der Waals surface area contributed by atoms with Gasteiger partial charge in [0.05, 0.1) is 5.92 Å². The van der Waals surface area contributed by atoms with Gasteiger partial charge in [-0.2, -0.15) is 0 Å². The van der Waals surface area contributed by atoms with E-state index in [1.54, 1.807) is 6.92 Å². The summed E-state index contributed by atoms with van der Waals surface area (Å²) >= 11 is 5.88. The van der Waals surface area contributed by atoms with Crippen LogP contribution in [0.5, 0.6) is 0 Å². The Morgan fingerprint density at radius 2 is 1.39 bits per heavy atom. The topological polar surface area (TPSA) is 17.1 Å². The van der Waals surface area contributed by atoms with Gasteiger partial charge in [0, 0.05) is 5.02 Å². The first-order chi connectivity index (χ1) is 8.58. The minimum Gasteiger partial charge on any atom is -0.299 e. The Morgan fingerprint density at radius 3 is 1.83 bits per heavy atom. The van der Waals surface area contributed by atoms with Gasteiger partial charge in [-0.15, -0.1) is 0 Å². The first-order valence-corrected chi connectivity index (χ1v) is 6.28. The largest absolute Gasteiger partial charge is 0.299 e. The maximum Gasteiger partial charge on any atom is 0.141 e. The average molecular weight is 259 g/mol. The molecule has 2 rings (SSSR count). The van der Waals surface area contributed by atoms with E-state index in [4.69, 9.17) is 11.6 Å². The SMILES string of the molecule is CC(=O)C(c1ccc(C)cc1)c1ccc(Cl)cc1. The molecule has 1 atom stereocenters. The number of halogens is 1. The summed E-state index contributed by atoms with van der Waals surface area (Å²) in [6.45, 7) is 3.66. The molecular formula is C16H15ClO. The lowest BCUT2D eigenvalue weighted by molar-refractivity contribution is -0.117.